The molecule has 3 nitrogen and oxygen atoms in total. The van der Waals surface area contributed by atoms with Crippen LogP contribution in [0.15, 0.2) is 30.3 Å². The van der Waals surface area contributed by atoms with E-state index in [1.807, 2.05) is 18.2 Å². The van der Waals surface area contributed by atoms with Gasteiger partial charge in [0.1, 0.15) is 0 Å². The fraction of sp³-hybridized carbons (Fsp3) is 0.444. The quantitative estimate of drug-likeness (QED) is 0.616. The summed E-state index contributed by atoms with van der Waals surface area (Å²) in [6, 6.07) is 7.91. The van der Waals surface area contributed by atoms with E-state index in [2.05, 4.69) is 11.9 Å². The van der Waals surface area contributed by atoms with Crippen molar-refractivity contribution in [3.8, 4) is 0 Å². The molecule has 0 unspecified atom stereocenters. The molecule has 0 N–H and O–H groups in total. The average molecular weight is 283 g/mol. The summed E-state index contributed by atoms with van der Waals surface area (Å²) in [4.78, 5) is 26.2. The first-order valence-corrected chi connectivity index (χ1v) is 7.81. The van der Waals surface area contributed by atoms with Gasteiger partial charge in [0, 0.05) is 36.0 Å². The number of carbonyl (C=O) groups is 2. The average Bonchev–Trinajstić information content (AvgIpc) is 2.79. The zero-order chi connectivity index (χ0) is 14.8. The molecule has 2 aliphatic carbocycles. The smallest absolute Gasteiger partial charge is 0.233 e. The third-order valence-corrected chi connectivity index (χ3v) is 4.69. The molecule has 0 atom stereocenters. The van der Waals surface area contributed by atoms with Gasteiger partial charge in [0.2, 0.25) is 11.6 Å². The molecule has 1 fully saturated rings. The van der Waals surface area contributed by atoms with Crippen LogP contribution in [0.25, 0.3) is 5.70 Å². The normalized spacial score (nSPS) is 19.8. The minimum atomic E-state index is -0.399. The molecule has 0 amide bonds. The molecule has 0 heterocycles. The lowest BCUT2D eigenvalue weighted by Gasteiger charge is -2.33. The summed E-state index contributed by atoms with van der Waals surface area (Å²) in [5, 5.41) is 0. The molecule has 1 aromatic rings. The molecule has 1 aromatic carbocycles. The van der Waals surface area contributed by atoms with Crippen molar-refractivity contribution in [2.45, 2.75) is 44.6 Å². The van der Waals surface area contributed by atoms with Crippen LogP contribution < -0.4 is 0 Å². The van der Waals surface area contributed by atoms with Crippen LogP contribution in [-0.4, -0.2) is 29.6 Å². The van der Waals surface area contributed by atoms with Crippen molar-refractivity contribution in [3.63, 3.8) is 0 Å². The largest absolute Gasteiger partial charge is 0.371 e. The summed E-state index contributed by atoms with van der Waals surface area (Å²) >= 11 is 0. The Balaban J connectivity index is 1.95. The number of ketones is 2. The van der Waals surface area contributed by atoms with Gasteiger partial charge in [-0.05, 0) is 12.8 Å². The lowest BCUT2D eigenvalue weighted by atomic mass is 9.91. The standard InChI is InChI=1S/C18H21NO2/c1-19(13-8-4-2-3-5-9-13)16-12-17(20)18(21)15-11-7-6-10-14(15)16/h6-7,10-13H,2-5,8-9H2,1H3. The van der Waals surface area contributed by atoms with Gasteiger partial charge in [0.25, 0.3) is 0 Å². The number of hydrogen-bond donors (Lipinski definition) is 0. The molecule has 0 saturated heterocycles. The number of carbonyl (C=O) groups excluding carboxylic acids is 2. The Bertz CT molecular complexity index is 595. The summed E-state index contributed by atoms with van der Waals surface area (Å²) in [6.07, 6.45) is 8.95. The molecule has 1 saturated carbocycles. The van der Waals surface area contributed by atoms with Crippen molar-refractivity contribution in [3.05, 3.63) is 41.5 Å². The Hall–Kier alpha value is -1.90. The summed E-state index contributed by atoms with van der Waals surface area (Å²) in [7, 11) is 2.06. The van der Waals surface area contributed by atoms with Gasteiger partial charge < -0.3 is 4.90 Å². The van der Waals surface area contributed by atoms with Gasteiger partial charge in [0.15, 0.2) is 0 Å². The molecular formula is C18H21NO2. The summed E-state index contributed by atoms with van der Waals surface area (Å²) in [5.74, 6) is -0.784. The maximum Gasteiger partial charge on any atom is 0.233 e. The molecule has 0 bridgehead atoms. The van der Waals surface area contributed by atoms with Crippen LogP contribution in [0.4, 0.5) is 0 Å². The highest BCUT2D eigenvalue weighted by Gasteiger charge is 2.29. The molecule has 0 aliphatic heterocycles. The third kappa shape index (κ3) is 2.65. The van der Waals surface area contributed by atoms with Crippen molar-refractivity contribution >= 4 is 17.3 Å². The Kier molecular flexibility index (Phi) is 3.91. The van der Waals surface area contributed by atoms with E-state index in [0.717, 1.165) is 24.1 Å². The molecule has 0 spiro atoms. The van der Waals surface area contributed by atoms with Gasteiger partial charge in [-0.25, -0.2) is 0 Å². The second-order valence-corrected chi connectivity index (χ2v) is 6.02. The molecule has 21 heavy (non-hydrogen) atoms. The van der Waals surface area contributed by atoms with Crippen LogP contribution in [0.5, 0.6) is 0 Å². The van der Waals surface area contributed by atoms with Crippen LogP contribution in [0.3, 0.4) is 0 Å². The molecule has 3 rings (SSSR count). The Labute approximate surface area is 125 Å². The van der Waals surface area contributed by atoms with E-state index >= 15 is 0 Å². The third-order valence-electron chi connectivity index (χ3n) is 4.69. The Morgan fingerprint density at radius 3 is 2.24 bits per heavy atom. The first kappa shape index (κ1) is 14.1. The van der Waals surface area contributed by atoms with Gasteiger partial charge in [-0.3, -0.25) is 9.59 Å². The van der Waals surface area contributed by atoms with Crippen LogP contribution in [0.2, 0.25) is 0 Å². The number of hydrogen-bond acceptors (Lipinski definition) is 3. The number of nitrogens with zero attached hydrogens (tertiary/aromatic N) is 1. The minimum Gasteiger partial charge on any atom is -0.371 e. The number of Topliss-reactive ketones (excluding diaryl/α,β-unsaturated/α-hetero) is 1. The van der Waals surface area contributed by atoms with E-state index in [1.54, 1.807) is 6.07 Å². The van der Waals surface area contributed by atoms with Crippen molar-refractivity contribution in [1.82, 2.24) is 4.90 Å². The number of allylic oxidation sites excluding steroid dienone is 1. The minimum absolute atomic E-state index is 0.386. The van der Waals surface area contributed by atoms with E-state index in [1.165, 1.54) is 31.8 Å². The van der Waals surface area contributed by atoms with E-state index in [4.69, 9.17) is 0 Å². The van der Waals surface area contributed by atoms with E-state index in [0.29, 0.717) is 11.6 Å². The van der Waals surface area contributed by atoms with Gasteiger partial charge in [0.05, 0.1) is 0 Å². The van der Waals surface area contributed by atoms with E-state index in [9.17, 15) is 9.59 Å². The fourth-order valence-electron chi connectivity index (χ4n) is 3.44. The van der Waals surface area contributed by atoms with Gasteiger partial charge in [-0.2, -0.15) is 0 Å². The highest BCUT2D eigenvalue weighted by atomic mass is 16.2. The van der Waals surface area contributed by atoms with Gasteiger partial charge in [-0.15, -0.1) is 0 Å². The maximum absolute atomic E-state index is 12.0. The highest BCUT2D eigenvalue weighted by Crippen LogP contribution is 2.31. The van der Waals surface area contributed by atoms with Gasteiger partial charge in [-0.1, -0.05) is 49.9 Å². The molecule has 0 aromatic heterocycles. The molecule has 0 radical (unpaired) electrons. The highest BCUT2D eigenvalue weighted by molar-refractivity contribution is 6.50. The van der Waals surface area contributed by atoms with Crippen molar-refractivity contribution in [1.29, 1.82) is 0 Å². The monoisotopic (exact) mass is 283 g/mol. The first-order valence-electron chi connectivity index (χ1n) is 7.81. The number of rotatable bonds is 2. The number of fused-ring (bicyclic) bond motifs is 1. The zero-order valence-corrected chi connectivity index (χ0v) is 12.5. The van der Waals surface area contributed by atoms with Crippen molar-refractivity contribution in [2.24, 2.45) is 0 Å². The van der Waals surface area contributed by atoms with E-state index in [-0.39, 0.29) is 5.78 Å². The second kappa shape index (κ2) is 5.84. The predicted molar refractivity (Wildman–Crippen MR) is 83.0 cm³/mol. The molecular weight excluding hydrogens is 262 g/mol. The second-order valence-electron chi connectivity index (χ2n) is 6.02. The Morgan fingerprint density at radius 2 is 1.57 bits per heavy atom. The summed E-state index contributed by atoms with van der Waals surface area (Å²) < 4.78 is 0. The topological polar surface area (TPSA) is 37.4 Å². The zero-order valence-electron chi connectivity index (χ0n) is 12.5. The number of benzene rings is 1. The lowest BCUT2D eigenvalue weighted by Crippen LogP contribution is -2.33. The first-order chi connectivity index (χ1) is 10.2. The summed E-state index contributed by atoms with van der Waals surface area (Å²) in [5.41, 5.74) is 2.34. The van der Waals surface area contributed by atoms with Crippen LogP contribution in [-0.2, 0) is 4.79 Å². The predicted octanol–water partition coefficient (Wildman–Crippen LogP) is 3.45. The molecule has 2 aliphatic rings. The van der Waals surface area contributed by atoms with Gasteiger partial charge >= 0.3 is 0 Å². The van der Waals surface area contributed by atoms with E-state index < -0.39 is 5.78 Å². The summed E-state index contributed by atoms with van der Waals surface area (Å²) in [6.45, 7) is 0. The fourth-order valence-corrected chi connectivity index (χ4v) is 3.44. The van der Waals surface area contributed by atoms with Crippen LogP contribution in [0.1, 0.15) is 54.4 Å². The van der Waals surface area contributed by atoms with Crippen LogP contribution in [0, 0.1) is 0 Å². The van der Waals surface area contributed by atoms with Crippen LogP contribution >= 0.6 is 0 Å². The molecule has 110 valence electrons. The maximum atomic E-state index is 12.0. The SMILES string of the molecule is CN(C1=CC(=O)C(=O)c2ccccc21)C1CCCCCC1. The Morgan fingerprint density at radius 1 is 0.952 bits per heavy atom. The lowest BCUT2D eigenvalue weighted by molar-refractivity contribution is -0.111. The van der Waals surface area contributed by atoms with Crippen molar-refractivity contribution < 1.29 is 9.59 Å². The molecule has 3 heteroatoms. The van der Waals surface area contributed by atoms with Crippen molar-refractivity contribution in [2.75, 3.05) is 7.05 Å².